The molecular formula is C18H26N2O4. The molecule has 3 rings (SSSR count). The predicted molar refractivity (Wildman–Crippen MR) is 92.0 cm³/mol. The minimum absolute atomic E-state index is 0.0150. The molecule has 6 nitrogen and oxygen atoms in total. The summed E-state index contributed by atoms with van der Waals surface area (Å²) < 4.78 is 17.2. The first-order chi connectivity index (χ1) is 11.3. The van der Waals surface area contributed by atoms with Gasteiger partial charge in [0.1, 0.15) is 29.8 Å². The van der Waals surface area contributed by atoms with Gasteiger partial charge in [0.2, 0.25) is 0 Å². The van der Waals surface area contributed by atoms with Crippen LogP contribution in [-0.4, -0.2) is 48.9 Å². The Morgan fingerprint density at radius 2 is 2.17 bits per heavy atom. The van der Waals surface area contributed by atoms with Gasteiger partial charge in [-0.25, -0.2) is 4.79 Å². The lowest BCUT2D eigenvalue weighted by Gasteiger charge is -2.25. The van der Waals surface area contributed by atoms with Crippen molar-refractivity contribution >= 4 is 11.8 Å². The molecule has 1 aromatic rings. The van der Waals surface area contributed by atoms with Crippen LogP contribution in [0.3, 0.4) is 0 Å². The van der Waals surface area contributed by atoms with E-state index in [-0.39, 0.29) is 12.2 Å². The fraction of sp³-hybridized carbons (Fsp3) is 0.611. The highest BCUT2D eigenvalue weighted by Gasteiger charge is 2.31. The van der Waals surface area contributed by atoms with Gasteiger partial charge in [-0.2, -0.15) is 0 Å². The quantitative estimate of drug-likeness (QED) is 0.900. The summed E-state index contributed by atoms with van der Waals surface area (Å²) in [5, 5.41) is 3.36. The zero-order valence-electron chi connectivity index (χ0n) is 14.8. The summed E-state index contributed by atoms with van der Waals surface area (Å²) in [7, 11) is 0. The fourth-order valence-corrected chi connectivity index (χ4v) is 2.97. The molecule has 0 aliphatic carbocycles. The van der Waals surface area contributed by atoms with Crippen LogP contribution in [0.25, 0.3) is 0 Å². The minimum atomic E-state index is -0.475. The number of carbonyl (C=O) groups is 1. The molecule has 1 aromatic carbocycles. The molecule has 2 aliphatic rings. The summed E-state index contributed by atoms with van der Waals surface area (Å²) in [5.74, 6) is 1.70. The second-order valence-electron chi connectivity index (χ2n) is 7.29. The lowest BCUT2D eigenvalue weighted by Crippen LogP contribution is -2.36. The summed E-state index contributed by atoms with van der Waals surface area (Å²) in [5.41, 5.74) is 1.57. The number of anilines is 1. The maximum atomic E-state index is 12.1. The van der Waals surface area contributed by atoms with Crippen molar-refractivity contribution in [1.82, 2.24) is 4.90 Å². The standard InChI is InChI=1S/C18H26N2O4/c1-12-14(5-6-15-16(12)19-8-10-22-15)23-13-7-9-20(11-13)17(21)24-18(2,3)4/h5-6,13,19H,7-11H2,1-4H3. The Labute approximate surface area is 143 Å². The average molecular weight is 334 g/mol. The largest absolute Gasteiger partial charge is 0.490 e. The van der Waals surface area contributed by atoms with Crippen LogP contribution < -0.4 is 14.8 Å². The molecule has 1 amide bonds. The fourth-order valence-electron chi connectivity index (χ4n) is 2.97. The Kier molecular flexibility index (Phi) is 4.47. The number of rotatable bonds is 2. The molecule has 0 saturated carbocycles. The van der Waals surface area contributed by atoms with Gasteiger partial charge >= 0.3 is 6.09 Å². The summed E-state index contributed by atoms with van der Waals surface area (Å²) in [6.45, 7) is 10.3. The van der Waals surface area contributed by atoms with E-state index in [1.165, 1.54) is 0 Å². The van der Waals surface area contributed by atoms with Crippen molar-refractivity contribution in [3.8, 4) is 11.5 Å². The molecule has 132 valence electrons. The third kappa shape index (κ3) is 3.68. The zero-order valence-corrected chi connectivity index (χ0v) is 14.8. The van der Waals surface area contributed by atoms with Crippen LogP contribution in [0.2, 0.25) is 0 Å². The molecule has 0 bridgehead atoms. The van der Waals surface area contributed by atoms with Gasteiger partial charge in [0.25, 0.3) is 0 Å². The van der Waals surface area contributed by atoms with Crippen LogP contribution in [-0.2, 0) is 4.74 Å². The zero-order chi connectivity index (χ0) is 17.3. The first-order valence-electron chi connectivity index (χ1n) is 8.48. The molecule has 0 aromatic heterocycles. The number of fused-ring (bicyclic) bond motifs is 1. The summed E-state index contributed by atoms with van der Waals surface area (Å²) in [4.78, 5) is 13.9. The summed E-state index contributed by atoms with van der Waals surface area (Å²) >= 11 is 0. The molecule has 1 fully saturated rings. The van der Waals surface area contributed by atoms with Gasteiger partial charge in [-0.3, -0.25) is 0 Å². The SMILES string of the molecule is Cc1c(OC2CCN(C(=O)OC(C)(C)C)C2)ccc2c1NCCO2. The highest BCUT2D eigenvalue weighted by atomic mass is 16.6. The van der Waals surface area contributed by atoms with Crippen LogP contribution in [0.4, 0.5) is 10.5 Å². The number of amides is 1. The molecule has 24 heavy (non-hydrogen) atoms. The van der Waals surface area contributed by atoms with E-state index in [1.54, 1.807) is 4.90 Å². The van der Waals surface area contributed by atoms with Gasteiger partial charge in [0, 0.05) is 25.1 Å². The highest BCUT2D eigenvalue weighted by molar-refractivity contribution is 5.69. The molecule has 0 radical (unpaired) electrons. The average Bonchev–Trinajstić information content (AvgIpc) is 2.97. The van der Waals surface area contributed by atoms with E-state index in [4.69, 9.17) is 14.2 Å². The number of hydrogen-bond donors (Lipinski definition) is 1. The molecule has 1 unspecified atom stereocenters. The van der Waals surface area contributed by atoms with Crippen molar-refractivity contribution in [3.05, 3.63) is 17.7 Å². The maximum Gasteiger partial charge on any atom is 0.410 e. The van der Waals surface area contributed by atoms with E-state index in [0.717, 1.165) is 35.7 Å². The summed E-state index contributed by atoms with van der Waals surface area (Å²) in [6, 6.07) is 3.88. The number of carbonyl (C=O) groups excluding carboxylic acids is 1. The Bertz CT molecular complexity index is 624. The Morgan fingerprint density at radius 3 is 2.92 bits per heavy atom. The summed E-state index contributed by atoms with van der Waals surface area (Å²) in [6.07, 6.45) is 0.518. The third-order valence-electron chi connectivity index (χ3n) is 4.13. The molecule has 2 heterocycles. The van der Waals surface area contributed by atoms with Crippen molar-refractivity contribution in [3.63, 3.8) is 0 Å². The third-order valence-corrected chi connectivity index (χ3v) is 4.13. The Morgan fingerprint density at radius 1 is 1.38 bits per heavy atom. The van der Waals surface area contributed by atoms with Gasteiger partial charge in [-0.15, -0.1) is 0 Å². The minimum Gasteiger partial charge on any atom is -0.490 e. The van der Waals surface area contributed by atoms with Crippen molar-refractivity contribution in [1.29, 1.82) is 0 Å². The van der Waals surface area contributed by atoms with Crippen LogP contribution in [0.15, 0.2) is 12.1 Å². The molecule has 0 spiro atoms. The maximum absolute atomic E-state index is 12.1. The van der Waals surface area contributed by atoms with Gasteiger partial charge in [-0.05, 0) is 39.8 Å². The Hall–Kier alpha value is -2.11. The normalized spacial score (nSPS) is 20.0. The van der Waals surface area contributed by atoms with Gasteiger partial charge in [-0.1, -0.05) is 0 Å². The van der Waals surface area contributed by atoms with Gasteiger partial charge < -0.3 is 24.4 Å². The molecule has 1 atom stereocenters. The van der Waals surface area contributed by atoms with Crippen molar-refractivity contribution in [2.24, 2.45) is 0 Å². The van der Waals surface area contributed by atoms with Gasteiger partial charge in [0.15, 0.2) is 0 Å². The van der Waals surface area contributed by atoms with E-state index < -0.39 is 5.60 Å². The molecule has 2 aliphatic heterocycles. The number of benzene rings is 1. The molecule has 1 N–H and O–H groups in total. The monoisotopic (exact) mass is 334 g/mol. The predicted octanol–water partition coefficient (Wildman–Crippen LogP) is 3.19. The van der Waals surface area contributed by atoms with Crippen molar-refractivity contribution in [2.45, 2.75) is 45.8 Å². The first kappa shape index (κ1) is 16.7. The smallest absolute Gasteiger partial charge is 0.410 e. The van der Waals surface area contributed by atoms with E-state index in [1.807, 2.05) is 39.8 Å². The number of nitrogens with zero attached hydrogens (tertiary/aromatic N) is 1. The topological polar surface area (TPSA) is 60.0 Å². The van der Waals surface area contributed by atoms with E-state index in [9.17, 15) is 4.79 Å². The number of ether oxygens (including phenoxy) is 3. The van der Waals surface area contributed by atoms with Crippen molar-refractivity contribution in [2.75, 3.05) is 31.6 Å². The van der Waals surface area contributed by atoms with Crippen molar-refractivity contribution < 1.29 is 19.0 Å². The van der Waals surface area contributed by atoms with E-state index in [0.29, 0.717) is 19.7 Å². The molecule has 1 saturated heterocycles. The lowest BCUT2D eigenvalue weighted by molar-refractivity contribution is 0.0275. The second kappa shape index (κ2) is 6.42. The van der Waals surface area contributed by atoms with Crippen LogP contribution in [0.5, 0.6) is 11.5 Å². The second-order valence-corrected chi connectivity index (χ2v) is 7.29. The van der Waals surface area contributed by atoms with Crippen LogP contribution in [0, 0.1) is 6.92 Å². The van der Waals surface area contributed by atoms with E-state index >= 15 is 0 Å². The number of hydrogen-bond acceptors (Lipinski definition) is 5. The van der Waals surface area contributed by atoms with Crippen LogP contribution >= 0.6 is 0 Å². The Balaban J connectivity index is 1.63. The first-order valence-corrected chi connectivity index (χ1v) is 8.48. The lowest BCUT2D eigenvalue weighted by atomic mass is 10.1. The number of likely N-dealkylation sites (tertiary alicyclic amines) is 1. The van der Waals surface area contributed by atoms with Crippen LogP contribution in [0.1, 0.15) is 32.8 Å². The molecular weight excluding hydrogens is 308 g/mol. The highest BCUT2D eigenvalue weighted by Crippen LogP contribution is 2.37. The molecule has 6 heteroatoms. The van der Waals surface area contributed by atoms with Gasteiger partial charge in [0.05, 0.1) is 12.2 Å². The van der Waals surface area contributed by atoms with E-state index in [2.05, 4.69) is 5.32 Å². The number of nitrogens with one attached hydrogen (secondary N) is 1.